The van der Waals surface area contributed by atoms with Crippen molar-refractivity contribution in [2.24, 2.45) is 0 Å². The fourth-order valence-corrected chi connectivity index (χ4v) is 4.15. The molecule has 2 heterocycles. The van der Waals surface area contributed by atoms with Crippen LogP contribution in [0.5, 0.6) is 23.0 Å². The van der Waals surface area contributed by atoms with Crippen LogP contribution < -0.4 is 24.3 Å². The number of anilines is 1. The molecule has 2 aromatic heterocycles. The predicted octanol–water partition coefficient (Wildman–Crippen LogP) is 3.82. The lowest BCUT2D eigenvalue weighted by atomic mass is 10.1. The summed E-state index contributed by atoms with van der Waals surface area (Å²) in [6, 6.07) is 14.5. The molecule has 11 heteroatoms. The second kappa shape index (κ2) is 10.9. The molecular weight excluding hydrogens is 470 g/mol. The summed E-state index contributed by atoms with van der Waals surface area (Å²) in [4.78, 5) is 12.6. The van der Waals surface area contributed by atoms with E-state index in [2.05, 4.69) is 15.5 Å². The zero-order chi connectivity index (χ0) is 24.8. The highest BCUT2D eigenvalue weighted by Crippen LogP contribution is 2.41. The van der Waals surface area contributed by atoms with Crippen LogP contribution >= 0.6 is 11.8 Å². The number of hydrogen-bond acceptors (Lipinski definition) is 8. The summed E-state index contributed by atoms with van der Waals surface area (Å²) in [6.07, 6.45) is 3.73. The van der Waals surface area contributed by atoms with Crippen LogP contribution in [0.2, 0.25) is 0 Å². The van der Waals surface area contributed by atoms with Gasteiger partial charge in [0.2, 0.25) is 16.8 Å². The molecule has 0 unspecified atom stereocenters. The summed E-state index contributed by atoms with van der Waals surface area (Å²) in [5, 5.41) is 12.2. The van der Waals surface area contributed by atoms with E-state index in [4.69, 9.17) is 18.9 Å². The molecule has 182 valence electrons. The lowest BCUT2D eigenvalue weighted by molar-refractivity contribution is -0.113. The Morgan fingerprint density at radius 1 is 0.914 bits per heavy atom. The molecule has 0 spiro atoms. The van der Waals surface area contributed by atoms with E-state index in [1.54, 1.807) is 64.8 Å². The van der Waals surface area contributed by atoms with Gasteiger partial charge in [-0.1, -0.05) is 11.8 Å². The molecule has 0 saturated carbocycles. The molecule has 0 aliphatic carbocycles. The first kappa shape index (κ1) is 24.0. The fraction of sp³-hybridized carbons (Fsp3) is 0.208. The van der Waals surface area contributed by atoms with Crippen molar-refractivity contribution in [1.29, 1.82) is 0 Å². The van der Waals surface area contributed by atoms with E-state index in [1.165, 1.54) is 11.8 Å². The Labute approximate surface area is 206 Å². The second-order valence-electron chi connectivity index (χ2n) is 7.16. The summed E-state index contributed by atoms with van der Waals surface area (Å²) in [7, 11) is 6.26. The van der Waals surface area contributed by atoms with Crippen LogP contribution in [0.3, 0.4) is 0 Å². The van der Waals surface area contributed by atoms with Crippen LogP contribution in [0.4, 0.5) is 5.69 Å². The van der Waals surface area contributed by atoms with E-state index in [-0.39, 0.29) is 11.7 Å². The van der Waals surface area contributed by atoms with Crippen LogP contribution in [0.25, 0.3) is 11.4 Å². The summed E-state index contributed by atoms with van der Waals surface area (Å²) in [6.45, 7) is 0. The van der Waals surface area contributed by atoms with E-state index in [0.717, 1.165) is 5.75 Å². The van der Waals surface area contributed by atoms with Crippen LogP contribution in [-0.4, -0.2) is 59.6 Å². The SMILES string of the molecule is COc1ccc(NC(=O)CSc2nnc(-c3cc(OC)c(OC)c(OC)c3)n2-n2cccc2)cc1. The van der Waals surface area contributed by atoms with E-state index in [1.807, 2.05) is 33.9 Å². The number of carbonyl (C=O) groups is 1. The third-order valence-electron chi connectivity index (χ3n) is 5.06. The molecule has 0 saturated heterocycles. The molecule has 4 aromatic rings. The van der Waals surface area contributed by atoms with Crippen molar-refractivity contribution in [3.8, 4) is 34.4 Å². The minimum absolute atomic E-state index is 0.140. The van der Waals surface area contributed by atoms with Gasteiger partial charge in [-0.3, -0.25) is 9.47 Å². The van der Waals surface area contributed by atoms with Crippen molar-refractivity contribution in [3.05, 3.63) is 60.9 Å². The number of ether oxygens (including phenoxy) is 4. The predicted molar refractivity (Wildman–Crippen MR) is 133 cm³/mol. The van der Waals surface area contributed by atoms with Crippen LogP contribution in [-0.2, 0) is 4.79 Å². The van der Waals surface area contributed by atoms with Gasteiger partial charge in [-0.25, -0.2) is 4.68 Å². The molecular formula is C24H25N5O5S. The first-order chi connectivity index (χ1) is 17.1. The zero-order valence-electron chi connectivity index (χ0n) is 19.7. The molecule has 1 N–H and O–H groups in total. The van der Waals surface area contributed by atoms with Crippen molar-refractivity contribution < 1.29 is 23.7 Å². The molecule has 0 radical (unpaired) electrons. The van der Waals surface area contributed by atoms with Gasteiger partial charge in [0.25, 0.3) is 0 Å². The van der Waals surface area contributed by atoms with E-state index >= 15 is 0 Å². The lowest BCUT2D eigenvalue weighted by Crippen LogP contribution is -2.15. The number of aromatic nitrogens is 4. The van der Waals surface area contributed by atoms with Gasteiger partial charge in [0.15, 0.2) is 17.3 Å². The zero-order valence-corrected chi connectivity index (χ0v) is 20.5. The number of methoxy groups -OCH3 is 4. The number of nitrogens with zero attached hydrogens (tertiary/aromatic N) is 4. The van der Waals surface area contributed by atoms with Crippen molar-refractivity contribution in [2.45, 2.75) is 5.16 Å². The molecule has 0 bridgehead atoms. The summed E-state index contributed by atoms with van der Waals surface area (Å²) >= 11 is 1.27. The van der Waals surface area contributed by atoms with Gasteiger partial charge in [-0.15, -0.1) is 10.2 Å². The van der Waals surface area contributed by atoms with Crippen molar-refractivity contribution in [2.75, 3.05) is 39.5 Å². The minimum Gasteiger partial charge on any atom is -0.497 e. The van der Waals surface area contributed by atoms with Crippen molar-refractivity contribution in [1.82, 2.24) is 19.5 Å². The Balaban J connectivity index is 1.61. The number of benzene rings is 2. The highest BCUT2D eigenvalue weighted by atomic mass is 32.2. The third kappa shape index (κ3) is 5.19. The maximum absolute atomic E-state index is 12.6. The summed E-state index contributed by atoms with van der Waals surface area (Å²) in [5.41, 5.74) is 1.39. The smallest absolute Gasteiger partial charge is 0.234 e. The number of hydrogen-bond donors (Lipinski definition) is 1. The molecule has 2 aromatic carbocycles. The number of amides is 1. The first-order valence-corrected chi connectivity index (χ1v) is 11.5. The molecule has 1 amide bonds. The first-order valence-electron chi connectivity index (χ1n) is 10.5. The summed E-state index contributed by atoms with van der Waals surface area (Å²) < 4.78 is 25.2. The van der Waals surface area contributed by atoms with Gasteiger partial charge in [0, 0.05) is 23.6 Å². The number of rotatable bonds is 10. The maximum Gasteiger partial charge on any atom is 0.234 e. The van der Waals surface area contributed by atoms with E-state index < -0.39 is 0 Å². The molecule has 0 aliphatic rings. The fourth-order valence-electron chi connectivity index (χ4n) is 3.41. The molecule has 0 fully saturated rings. The Kier molecular flexibility index (Phi) is 7.46. The van der Waals surface area contributed by atoms with Crippen LogP contribution in [0.15, 0.2) is 66.1 Å². The molecule has 10 nitrogen and oxygen atoms in total. The van der Waals surface area contributed by atoms with E-state index in [0.29, 0.717) is 39.5 Å². The number of carbonyl (C=O) groups excluding carboxylic acids is 1. The van der Waals surface area contributed by atoms with Crippen LogP contribution in [0, 0.1) is 0 Å². The lowest BCUT2D eigenvalue weighted by Gasteiger charge is -2.15. The Morgan fingerprint density at radius 3 is 2.14 bits per heavy atom. The molecule has 4 rings (SSSR count). The largest absolute Gasteiger partial charge is 0.497 e. The molecule has 0 atom stereocenters. The normalized spacial score (nSPS) is 10.6. The van der Waals surface area contributed by atoms with Gasteiger partial charge in [-0.2, -0.15) is 0 Å². The monoisotopic (exact) mass is 495 g/mol. The second-order valence-corrected chi connectivity index (χ2v) is 8.10. The van der Waals surface area contributed by atoms with Crippen LogP contribution in [0.1, 0.15) is 0 Å². The van der Waals surface area contributed by atoms with Crippen molar-refractivity contribution in [3.63, 3.8) is 0 Å². The molecule has 0 aliphatic heterocycles. The highest BCUT2D eigenvalue weighted by Gasteiger charge is 2.21. The quantitative estimate of drug-likeness (QED) is 0.331. The van der Waals surface area contributed by atoms with Gasteiger partial charge < -0.3 is 24.3 Å². The topological polar surface area (TPSA) is 102 Å². The Bertz CT molecular complexity index is 1260. The minimum atomic E-state index is -0.170. The number of thioether (sulfide) groups is 1. The number of nitrogens with one attached hydrogen (secondary N) is 1. The highest BCUT2D eigenvalue weighted by molar-refractivity contribution is 7.99. The maximum atomic E-state index is 12.6. The average Bonchev–Trinajstić information content (AvgIpc) is 3.56. The molecule has 35 heavy (non-hydrogen) atoms. The third-order valence-corrected chi connectivity index (χ3v) is 5.98. The van der Waals surface area contributed by atoms with Gasteiger partial charge in [-0.05, 0) is 48.5 Å². The van der Waals surface area contributed by atoms with Gasteiger partial charge >= 0.3 is 0 Å². The van der Waals surface area contributed by atoms with Crippen molar-refractivity contribution >= 4 is 23.4 Å². The van der Waals surface area contributed by atoms with Gasteiger partial charge in [0.05, 0.1) is 34.2 Å². The summed E-state index contributed by atoms with van der Waals surface area (Å²) in [5.74, 6) is 2.71. The average molecular weight is 496 g/mol. The van der Waals surface area contributed by atoms with E-state index in [9.17, 15) is 4.79 Å². The Hall–Kier alpha value is -4.12. The van der Waals surface area contributed by atoms with Gasteiger partial charge in [0.1, 0.15) is 5.75 Å². The standard InChI is InChI=1S/C24H25N5O5S/c1-31-18-9-7-17(8-10-18)25-21(30)15-35-24-27-26-23(29(24)28-11-5-6-12-28)16-13-19(32-2)22(34-4)20(14-16)33-3/h5-14H,15H2,1-4H3,(H,25,30). The Morgan fingerprint density at radius 2 is 1.57 bits per heavy atom.